The Bertz CT molecular complexity index is 427. The first-order valence-electron chi connectivity index (χ1n) is 7.26. The van der Waals surface area contributed by atoms with Crippen LogP contribution in [-0.2, 0) is 11.3 Å². The molecule has 0 unspecified atom stereocenters. The lowest BCUT2D eigenvalue weighted by atomic mass is 10.1. The van der Waals surface area contributed by atoms with Gasteiger partial charge in [0.1, 0.15) is 0 Å². The third kappa shape index (κ3) is 4.35. The fourth-order valence-electron chi connectivity index (χ4n) is 2.33. The third-order valence-electron chi connectivity index (χ3n) is 3.51. The molecule has 1 aromatic rings. The Kier molecular flexibility index (Phi) is 4.97. The Morgan fingerprint density at radius 2 is 2.21 bits per heavy atom. The molecule has 19 heavy (non-hydrogen) atoms. The molecule has 3 heteroatoms. The Balaban J connectivity index is 1.94. The molecule has 0 aromatic heterocycles. The minimum absolute atomic E-state index is 0.282. The molecule has 3 nitrogen and oxygen atoms in total. The van der Waals surface area contributed by atoms with Crippen molar-refractivity contribution in [1.29, 1.82) is 0 Å². The quantitative estimate of drug-likeness (QED) is 0.764. The average molecular weight is 260 g/mol. The first kappa shape index (κ1) is 14.1. The van der Waals surface area contributed by atoms with Gasteiger partial charge in [-0.2, -0.15) is 0 Å². The monoisotopic (exact) mass is 260 g/mol. The van der Waals surface area contributed by atoms with Gasteiger partial charge in [0.2, 0.25) is 5.91 Å². The van der Waals surface area contributed by atoms with Crippen molar-refractivity contribution in [3.8, 4) is 0 Å². The summed E-state index contributed by atoms with van der Waals surface area (Å²) in [6.45, 7) is 6.63. The van der Waals surface area contributed by atoms with Gasteiger partial charge in [0, 0.05) is 25.6 Å². The van der Waals surface area contributed by atoms with Gasteiger partial charge in [-0.25, -0.2) is 0 Å². The molecule has 0 aliphatic heterocycles. The molecule has 0 radical (unpaired) electrons. The summed E-state index contributed by atoms with van der Waals surface area (Å²) < 4.78 is 0. The number of aryl methyl sites for hydroxylation is 1. The highest BCUT2D eigenvalue weighted by Gasteiger charge is 2.32. The van der Waals surface area contributed by atoms with Gasteiger partial charge in [-0.1, -0.05) is 36.8 Å². The van der Waals surface area contributed by atoms with Crippen LogP contribution >= 0.6 is 0 Å². The Hall–Kier alpha value is -1.35. The Morgan fingerprint density at radius 3 is 2.84 bits per heavy atom. The number of amides is 1. The zero-order valence-corrected chi connectivity index (χ0v) is 12.0. The summed E-state index contributed by atoms with van der Waals surface area (Å²) in [4.78, 5) is 14.3. The summed E-state index contributed by atoms with van der Waals surface area (Å²) in [5, 5.41) is 3.22. The maximum Gasteiger partial charge on any atom is 0.224 e. The minimum Gasteiger partial charge on any atom is -0.335 e. The predicted octanol–water partition coefficient (Wildman–Crippen LogP) is 2.49. The second-order valence-electron chi connectivity index (χ2n) is 5.35. The number of hydrogen-bond acceptors (Lipinski definition) is 2. The number of nitrogens with one attached hydrogen (secondary N) is 1. The van der Waals surface area contributed by atoms with E-state index in [2.05, 4.69) is 48.3 Å². The molecule has 0 atom stereocenters. The van der Waals surface area contributed by atoms with Gasteiger partial charge in [-0.15, -0.1) is 0 Å². The summed E-state index contributed by atoms with van der Waals surface area (Å²) in [6, 6.07) is 8.93. The third-order valence-corrected chi connectivity index (χ3v) is 3.51. The smallest absolute Gasteiger partial charge is 0.224 e. The Morgan fingerprint density at radius 1 is 1.42 bits per heavy atom. The highest BCUT2D eigenvalue weighted by Crippen LogP contribution is 2.29. The van der Waals surface area contributed by atoms with Gasteiger partial charge in [0.15, 0.2) is 0 Å². The standard InChI is InChI=1S/C16H24N2O/c1-3-17-10-9-16(19)18(15-7-8-15)12-14-6-4-5-13(2)11-14/h4-6,11,15,17H,3,7-10,12H2,1-2H3. The summed E-state index contributed by atoms with van der Waals surface area (Å²) in [5.41, 5.74) is 2.50. The van der Waals surface area contributed by atoms with E-state index in [0.29, 0.717) is 12.5 Å². The van der Waals surface area contributed by atoms with E-state index in [1.54, 1.807) is 0 Å². The van der Waals surface area contributed by atoms with Crippen molar-refractivity contribution in [2.75, 3.05) is 13.1 Å². The van der Waals surface area contributed by atoms with Gasteiger partial charge in [0.25, 0.3) is 0 Å². The zero-order chi connectivity index (χ0) is 13.7. The van der Waals surface area contributed by atoms with Gasteiger partial charge >= 0.3 is 0 Å². The zero-order valence-electron chi connectivity index (χ0n) is 12.0. The molecule has 1 N–H and O–H groups in total. The van der Waals surface area contributed by atoms with Crippen LogP contribution < -0.4 is 5.32 Å². The summed E-state index contributed by atoms with van der Waals surface area (Å²) >= 11 is 0. The molecule has 0 bridgehead atoms. The molecular formula is C16H24N2O. The van der Waals surface area contributed by atoms with Crippen molar-refractivity contribution in [3.05, 3.63) is 35.4 Å². The van der Waals surface area contributed by atoms with Crippen LogP contribution in [0.5, 0.6) is 0 Å². The van der Waals surface area contributed by atoms with Gasteiger partial charge in [0.05, 0.1) is 0 Å². The molecule has 1 fully saturated rings. The van der Waals surface area contributed by atoms with Gasteiger partial charge in [-0.3, -0.25) is 4.79 Å². The van der Waals surface area contributed by atoms with Crippen LogP contribution in [0, 0.1) is 6.92 Å². The molecule has 104 valence electrons. The number of benzene rings is 1. The Labute approximate surface area is 116 Å². The van der Waals surface area contributed by atoms with Crippen LogP contribution in [0.1, 0.15) is 37.3 Å². The topological polar surface area (TPSA) is 32.3 Å². The number of hydrogen-bond donors (Lipinski definition) is 1. The van der Waals surface area contributed by atoms with Crippen LogP contribution in [-0.4, -0.2) is 29.9 Å². The highest BCUT2D eigenvalue weighted by molar-refractivity contribution is 5.77. The predicted molar refractivity (Wildman–Crippen MR) is 77.9 cm³/mol. The number of carbonyl (C=O) groups is 1. The van der Waals surface area contributed by atoms with E-state index in [9.17, 15) is 4.79 Å². The average Bonchev–Trinajstić information content (AvgIpc) is 3.20. The molecule has 1 aliphatic rings. The largest absolute Gasteiger partial charge is 0.335 e. The summed E-state index contributed by atoms with van der Waals surface area (Å²) in [6.07, 6.45) is 2.94. The molecule has 0 spiro atoms. The van der Waals surface area contributed by atoms with Crippen molar-refractivity contribution < 1.29 is 4.79 Å². The van der Waals surface area contributed by atoms with E-state index in [-0.39, 0.29) is 5.91 Å². The maximum absolute atomic E-state index is 12.3. The summed E-state index contributed by atoms with van der Waals surface area (Å²) in [5.74, 6) is 0.282. The number of rotatable bonds is 7. The molecular weight excluding hydrogens is 236 g/mol. The second kappa shape index (κ2) is 6.71. The van der Waals surface area contributed by atoms with E-state index in [4.69, 9.17) is 0 Å². The first-order chi connectivity index (χ1) is 9.20. The minimum atomic E-state index is 0.282. The van der Waals surface area contributed by atoms with Crippen molar-refractivity contribution in [2.24, 2.45) is 0 Å². The van der Waals surface area contributed by atoms with Crippen molar-refractivity contribution in [3.63, 3.8) is 0 Å². The summed E-state index contributed by atoms with van der Waals surface area (Å²) in [7, 11) is 0. The van der Waals surface area contributed by atoms with E-state index < -0.39 is 0 Å². The van der Waals surface area contributed by atoms with Crippen LogP contribution in [0.3, 0.4) is 0 Å². The maximum atomic E-state index is 12.3. The molecule has 1 amide bonds. The molecule has 1 aromatic carbocycles. The van der Waals surface area contributed by atoms with Crippen molar-refractivity contribution in [2.45, 2.75) is 45.7 Å². The molecule has 2 rings (SSSR count). The van der Waals surface area contributed by atoms with Crippen molar-refractivity contribution in [1.82, 2.24) is 10.2 Å². The van der Waals surface area contributed by atoms with E-state index >= 15 is 0 Å². The van der Waals surface area contributed by atoms with Crippen molar-refractivity contribution >= 4 is 5.91 Å². The molecule has 1 saturated carbocycles. The number of carbonyl (C=O) groups excluding carboxylic acids is 1. The van der Waals surface area contributed by atoms with Gasteiger partial charge < -0.3 is 10.2 Å². The van der Waals surface area contributed by atoms with Gasteiger partial charge in [-0.05, 0) is 31.9 Å². The van der Waals surface area contributed by atoms with Crippen LogP contribution in [0.2, 0.25) is 0 Å². The van der Waals surface area contributed by atoms with E-state index in [1.165, 1.54) is 24.0 Å². The highest BCUT2D eigenvalue weighted by atomic mass is 16.2. The molecule has 0 saturated heterocycles. The van der Waals surface area contributed by atoms with Crippen LogP contribution in [0.4, 0.5) is 0 Å². The van der Waals surface area contributed by atoms with E-state index in [0.717, 1.165) is 19.6 Å². The number of nitrogens with zero attached hydrogens (tertiary/aromatic N) is 1. The SMILES string of the molecule is CCNCCC(=O)N(Cc1cccc(C)c1)C1CC1. The lowest BCUT2D eigenvalue weighted by Crippen LogP contribution is -2.34. The molecule has 1 aliphatic carbocycles. The first-order valence-corrected chi connectivity index (χ1v) is 7.26. The normalized spacial score (nSPS) is 14.4. The lowest BCUT2D eigenvalue weighted by Gasteiger charge is -2.23. The van der Waals surface area contributed by atoms with Crippen LogP contribution in [0.25, 0.3) is 0 Å². The fraction of sp³-hybridized carbons (Fsp3) is 0.562. The van der Waals surface area contributed by atoms with E-state index in [1.807, 2.05) is 0 Å². The fourth-order valence-corrected chi connectivity index (χ4v) is 2.33. The second-order valence-corrected chi connectivity index (χ2v) is 5.35. The van der Waals surface area contributed by atoms with Crippen LogP contribution in [0.15, 0.2) is 24.3 Å². The lowest BCUT2D eigenvalue weighted by molar-refractivity contribution is -0.132. The molecule has 0 heterocycles.